The molecule has 0 radical (unpaired) electrons. The molecular formula is C16H14N4O4. The van der Waals surface area contributed by atoms with Gasteiger partial charge in [-0.25, -0.2) is 14.8 Å². The number of ketones is 1. The monoisotopic (exact) mass is 326 g/mol. The molecule has 122 valence electrons. The van der Waals surface area contributed by atoms with Crippen molar-refractivity contribution in [2.24, 2.45) is 5.73 Å². The van der Waals surface area contributed by atoms with Crippen LogP contribution >= 0.6 is 0 Å². The lowest BCUT2D eigenvalue weighted by Crippen LogP contribution is -2.19. The number of fused-ring (bicyclic) bond motifs is 1. The summed E-state index contributed by atoms with van der Waals surface area (Å²) < 4.78 is 6.77. The molecule has 0 saturated carbocycles. The van der Waals surface area contributed by atoms with Crippen molar-refractivity contribution in [1.82, 2.24) is 14.5 Å². The van der Waals surface area contributed by atoms with Gasteiger partial charge in [0.05, 0.1) is 11.2 Å². The maximum absolute atomic E-state index is 11.3. The smallest absolute Gasteiger partial charge is 0.415 e. The van der Waals surface area contributed by atoms with E-state index in [-0.39, 0.29) is 11.7 Å². The van der Waals surface area contributed by atoms with E-state index in [1.54, 1.807) is 24.3 Å². The first-order chi connectivity index (χ1) is 11.5. The predicted octanol–water partition coefficient (Wildman–Crippen LogP) is 2.34. The third-order valence-corrected chi connectivity index (χ3v) is 3.51. The van der Waals surface area contributed by atoms with Crippen LogP contribution in [0.15, 0.2) is 42.9 Å². The van der Waals surface area contributed by atoms with Gasteiger partial charge in [-0.05, 0) is 31.2 Å². The lowest BCUT2D eigenvalue weighted by Gasteiger charge is -2.09. The lowest BCUT2D eigenvalue weighted by molar-refractivity contribution is -0.118. The number of carboxylic acid groups (broad SMARTS) is 1. The molecule has 8 nitrogen and oxygen atoms in total. The lowest BCUT2D eigenvalue weighted by atomic mass is 10.1. The molecule has 0 fully saturated rings. The van der Waals surface area contributed by atoms with Gasteiger partial charge in [-0.2, -0.15) is 0 Å². The second-order valence-electron chi connectivity index (χ2n) is 5.16. The summed E-state index contributed by atoms with van der Waals surface area (Å²) in [6.07, 6.45) is 1.68. The Balaban J connectivity index is 1.89. The number of hydrogen-bond acceptors (Lipinski definition) is 6. The van der Waals surface area contributed by atoms with E-state index in [1.807, 2.05) is 0 Å². The minimum absolute atomic E-state index is 0.212. The molecule has 3 aromatic rings. The van der Waals surface area contributed by atoms with Crippen LogP contribution in [0, 0.1) is 0 Å². The summed E-state index contributed by atoms with van der Waals surface area (Å²) in [5.74, 6) is 0.511. The van der Waals surface area contributed by atoms with Crippen molar-refractivity contribution in [3.05, 3.63) is 48.5 Å². The van der Waals surface area contributed by atoms with Gasteiger partial charge in [0.15, 0.2) is 5.78 Å². The van der Waals surface area contributed by atoms with Gasteiger partial charge in [-0.15, -0.1) is 0 Å². The van der Waals surface area contributed by atoms with E-state index in [0.717, 1.165) is 4.57 Å². The first-order valence-corrected chi connectivity index (χ1v) is 7.06. The van der Waals surface area contributed by atoms with E-state index in [9.17, 15) is 9.59 Å². The molecule has 1 atom stereocenters. The van der Waals surface area contributed by atoms with Gasteiger partial charge < -0.3 is 15.6 Å². The van der Waals surface area contributed by atoms with Gasteiger partial charge >= 0.3 is 6.09 Å². The van der Waals surface area contributed by atoms with Crippen LogP contribution in [0.1, 0.15) is 18.7 Å². The number of carbonyl (C=O) groups excluding carboxylic acids is 1. The highest BCUT2D eigenvalue weighted by molar-refractivity contribution is 5.89. The van der Waals surface area contributed by atoms with Gasteiger partial charge in [0.2, 0.25) is 5.88 Å². The molecule has 0 aliphatic rings. The van der Waals surface area contributed by atoms with Crippen molar-refractivity contribution in [2.75, 3.05) is 0 Å². The first-order valence-electron chi connectivity index (χ1n) is 7.06. The molecule has 3 rings (SSSR count). The summed E-state index contributed by atoms with van der Waals surface area (Å²) in [4.78, 5) is 30.4. The minimum Gasteiger partial charge on any atom is -0.464 e. The Morgan fingerprint density at radius 2 is 2.04 bits per heavy atom. The third kappa shape index (κ3) is 2.95. The van der Waals surface area contributed by atoms with Gasteiger partial charge in [0, 0.05) is 17.6 Å². The molecule has 3 N–H and O–H groups in total. The molecule has 2 heterocycles. The van der Waals surface area contributed by atoms with Crippen molar-refractivity contribution < 1.29 is 19.4 Å². The van der Waals surface area contributed by atoms with Crippen LogP contribution in [0.3, 0.4) is 0 Å². The third-order valence-electron chi connectivity index (χ3n) is 3.51. The fourth-order valence-corrected chi connectivity index (χ4v) is 2.26. The summed E-state index contributed by atoms with van der Waals surface area (Å²) in [5.41, 5.74) is 6.67. The van der Waals surface area contributed by atoms with Crippen molar-refractivity contribution >= 4 is 22.8 Å². The highest BCUT2D eigenvalue weighted by Crippen LogP contribution is 2.26. The van der Waals surface area contributed by atoms with Crippen LogP contribution < -0.4 is 10.5 Å². The Bertz CT molecular complexity index is 935. The van der Waals surface area contributed by atoms with Crippen LogP contribution in [0.5, 0.6) is 11.6 Å². The summed E-state index contributed by atoms with van der Waals surface area (Å²) in [6, 6.07) is 7.31. The largest absolute Gasteiger partial charge is 0.464 e. The molecule has 0 aliphatic carbocycles. The fourth-order valence-electron chi connectivity index (χ4n) is 2.26. The minimum atomic E-state index is -1.06. The average molecular weight is 326 g/mol. The molecule has 0 spiro atoms. The maximum atomic E-state index is 11.3. The standard InChI is InChI=1S/C16H14N4O4/c1-9(21)15(17)12-7-14(19-8-18-12)24-11-2-3-13-10(6-11)4-5-20(13)16(22)23/h2-8,15H,17H2,1H3,(H,22,23). The Hall–Kier alpha value is -3.26. The zero-order valence-corrected chi connectivity index (χ0v) is 12.7. The molecule has 0 aliphatic heterocycles. The first kappa shape index (κ1) is 15.6. The summed E-state index contributed by atoms with van der Waals surface area (Å²) in [6.45, 7) is 1.38. The summed E-state index contributed by atoms with van der Waals surface area (Å²) in [5, 5.41) is 9.79. The Labute approximate surface area is 136 Å². The van der Waals surface area contributed by atoms with Gasteiger partial charge in [0.25, 0.3) is 0 Å². The molecule has 1 unspecified atom stereocenters. The summed E-state index contributed by atoms with van der Waals surface area (Å²) >= 11 is 0. The number of nitrogens with zero attached hydrogens (tertiary/aromatic N) is 3. The Morgan fingerprint density at radius 3 is 2.75 bits per heavy atom. The number of Topliss-reactive ketones (excluding diaryl/α,β-unsaturated/α-hetero) is 1. The van der Waals surface area contributed by atoms with Crippen molar-refractivity contribution in [3.8, 4) is 11.6 Å². The van der Waals surface area contributed by atoms with E-state index < -0.39 is 12.1 Å². The molecule has 24 heavy (non-hydrogen) atoms. The second kappa shape index (κ2) is 6.09. The molecule has 0 saturated heterocycles. The van der Waals surface area contributed by atoms with Gasteiger partial charge in [0.1, 0.15) is 18.1 Å². The quantitative estimate of drug-likeness (QED) is 0.754. The zero-order valence-electron chi connectivity index (χ0n) is 12.7. The van der Waals surface area contributed by atoms with Crippen molar-refractivity contribution in [2.45, 2.75) is 13.0 Å². The number of hydrogen-bond donors (Lipinski definition) is 2. The number of ether oxygens (including phenoxy) is 1. The number of nitrogens with two attached hydrogens (primary N) is 1. The number of carbonyl (C=O) groups is 2. The number of rotatable bonds is 4. The zero-order chi connectivity index (χ0) is 17.3. The Morgan fingerprint density at radius 1 is 1.25 bits per heavy atom. The second-order valence-corrected chi connectivity index (χ2v) is 5.16. The van der Waals surface area contributed by atoms with E-state index in [0.29, 0.717) is 22.3 Å². The SMILES string of the molecule is CC(=O)C(N)c1cc(Oc2ccc3c(ccn3C(=O)O)c2)ncn1. The normalized spacial score (nSPS) is 12.1. The molecule has 8 heteroatoms. The molecule has 0 bridgehead atoms. The van der Waals surface area contributed by atoms with Crippen molar-refractivity contribution in [1.29, 1.82) is 0 Å². The van der Waals surface area contributed by atoms with Crippen LogP contribution in [0.4, 0.5) is 4.79 Å². The van der Waals surface area contributed by atoms with Crippen molar-refractivity contribution in [3.63, 3.8) is 0 Å². The van der Waals surface area contributed by atoms with E-state index in [4.69, 9.17) is 15.6 Å². The Kier molecular flexibility index (Phi) is 3.97. The molecular weight excluding hydrogens is 312 g/mol. The maximum Gasteiger partial charge on any atom is 0.415 e. The number of benzene rings is 1. The molecule has 2 aromatic heterocycles. The van der Waals surface area contributed by atoms with E-state index in [2.05, 4.69) is 9.97 Å². The molecule has 0 amide bonds. The molecule has 1 aromatic carbocycles. The average Bonchev–Trinajstić information content (AvgIpc) is 2.97. The van der Waals surface area contributed by atoms with E-state index >= 15 is 0 Å². The predicted molar refractivity (Wildman–Crippen MR) is 85.1 cm³/mol. The van der Waals surface area contributed by atoms with Gasteiger partial charge in [-0.1, -0.05) is 0 Å². The van der Waals surface area contributed by atoms with Gasteiger partial charge in [-0.3, -0.25) is 9.36 Å². The highest BCUT2D eigenvalue weighted by Gasteiger charge is 2.14. The number of aromatic nitrogens is 3. The van der Waals surface area contributed by atoms with Crippen LogP contribution in [0.2, 0.25) is 0 Å². The van der Waals surface area contributed by atoms with Crippen LogP contribution in [-0.2, 0) is 4.79 Å². The van der Waals surface area contributed by atoms with Crippen LogP contribution in [-0.4, -0.2) is 31.5 Å². The fraction of sp³-hybridized carbons (Fsp3) is 0.125. The summed E-state index contributed by atoms with van der Waals surface area (Å²) in [7, 11) is 0. The highest BCUT2D eigenvalue weighted by atomic mass is 16.5. The van der Waals surface area contributed by atoms with E-state index in [1.165, 1.54) is 25.5 Å². The topological polar surface area (TPSA) is 120 Å². The van der Waals surface area contributed by atoms with Crippen LogP contribution in [0.25, 0.3) is 10.9 Å².